The minimum Gasteiger partial charge on any atom is -0.497 e. The highest BCUT2D eigenvalue weighted by molar-refractivity contribution is 9.10. The normalized spacial score (nSPS) is 10.2. The second-order valence-corrected chi connectivity index (χ2v) is 5.41. The number of methoxy groups -OCH3 is 1. The molecule has 1 N–H and O–H groups in total. The van der Waals surface area contributed by atoms with Gasteiger partial charge in [-0.05, 0) is 40.5 Å². The number of ether oxygens (including phenoxy) is 1. The first kappa shape index (κ1) is 14.6. The first-order valence-electron chi connectivity index (χ1n) is 6.27. The number of hydrogen-bond acceptors (Lipinski definition) is 2. The Kier molecular flexibility index (Phi) is 4.79. The van der Waals surface area contributed by atoms with Crippen LogP contribution in [-0.2, 0) is 11.2 Å². The SMILES string of the molecule is COc1ccc(Br)c(NC(=O)Cc2ccc(C)cc2)c1. The highest BCUT2D eigenvalue weighted by atomic mass is 79.9. The van der Waals surface area contributed by atoms with Gasteiger partial charge in [0.05, 0.1) is 19.2 Å². The van der Waals surface area contributed by atoms with E-state index in [2.05, 4.69) is 21.2 Å². The van der Waals surface area contributed by atoms with Gasteiger partial charge in [0.1, 0.15) is 5.75 Å². The monoisotopic (exact) mass is 333 g/mol. The van der Waals surface area contributed by atoms with Crippen molar-refractivity contribution in [1.29, 1.82) is 0 Å². The van der Waals surface area contributed by atoms with E-state index in [1.54, 1.807) is 13.2 Å². The molecule has 3 nitrogen and oxygen atoms in total. The summed E-state index contributed by atoms with van der Waals surface area (Å²) in [5, 5.41) is 2.88. The number of rotatable bonds is 4. The largest absolute Gasteiger partial charge is 0.497 e. The molecule has 0 aliphatic rings. The van der Waals surface area contributed by atoms with Crippen LogP contribution in [-0.4, -0.2) is 13.0 Å². The second-order valence-electron chi connectivity index (χ2n) is 4.56. The fourth-order valence-corrected chi connectivity index (χ4v) is 2.16. The van der Waals surface area contributed by atoms with E-state index in [0.717, 1.165) is 10.0 Å². The van der Waals surface area contributed by atoms with E-state index in [1.165, 1.54) is 5.56 Å². The molecule has 2 aromatic carbocycles. The molecule has 0 aromatic heterocycles. The lowest BCUT2D eigenvalue weighted by molar-refractivity contribution is -0.115. The van der Waals surface area contributed by atoms with Crippen molar-refractivity contribution in [1.82, 2.24) is 0 Å². The van der Waals surface area contributed by atoms with Gasteiger partial charge in [0.15, 0.2) is 0 Å². The molecule has 0 aliphatic heterocycles. The highest BCUT2D eigenvalue weighted by Crippen LogP contribution is 2.27. The zero-order valence-electron chi connectivity index (χ0n) is 11.4. The molecule has 2 rings (SSSR count). The average Bonchev–Trinajstić information content (AvgIpc) is 2.44. The van der Waals surface area contributed by atoms with Gasteiger partial charge in [-0.1, -0.05) is 29.8 Å². The van der Waals surface area contributed by atoms with Crippen molar-refractivity contribution in [2.24, 2.45) is 0 Å². The quantitative estimate of drug-likeness (QED) is 0.919. The molecule has 20 heavy (non-hydrogen) atoms. The smallest absolute Gasteiger partial charge is 0.228 e. The molecule has 2 aromatic rings. The summed E-state index contributed by atoms with van der Waals surface area (Å²) < 4.78 is 5.98. The Labute approximate surface area is 127 Å². The van der Waals surface area contributed by atoms with Gasteiger partial charge in [0.25, 0.3) is 0 Å². The summed E-state index contributed by atoms with van der Waals surface area (Å²) in [5.74, 6) is 0.654. The number of amides is 1. The Morgan fingerprint density at radius 2 is 1.90 bits per heavy atom. The van der Waals surface area contributed by atoms with Gasteiger partial charge < -0.3 is 10.1 Å². The molecule has 0 heterocycles. The van der Waals surface area contributed by atoms with Crippen molar-refractivity contribution >= 4 is 27.5 Å². The molecular weight excluding hydrogens is 318 g/mol. The van der Waals surface area contributed by atoms with Gasteiger partial charge in [-0.3, -0.25) is 4.79 Å². The highest BCUT2D eigenvalue weighted by Gasteiger charge is 2.08. The van der Waals surface area contributed by atoms with Crippen LogP contribution < -0.4 is 10.1 Å². The van der Waals surface area contributed by atoms with Gasteiger partial charge in [-0.2, -0.15) is 0 Å². The summed E-state index contributed by atoms with van der Waals surface area (Å²) in [7, 11) is 1.60. The van der Waals surface area contributed by atoms with Crippen molar-refractivity contribution in [2.45, 2.75) is 13.3 Å². The molecule has 1 amide bonds. The molecule has 0 fully saturated rings. The van der Waals surface area contributed by atoms with Crippen molar-refractivity contribution in [2.75, 3.05) is 12.4 Å². The average molecular weight is 334 g/mol. The minimum atomic E-state index is -0.0530. The number of anilines is 1. The summed E-state index contributed by atoms with van der Waals surface area (Å²) in [6, 6.07) is 13.4. The first-order chi connectivity index (χ1) is 9.58. The lowest BCUT2D eigenvalue weighted by atomic mass is 10.1. The molecule has 0 unspecified atom stereocenters. The van der Waals surface area contributed by atoms with Crippen LogP contribution in [0.4, 0.5) is 5.69 Å². The van der Waals surface area contributed by atoms with Crippen LogP contribution in [0.25, 0.3) is 0 Å². The number of nitrogens with one attached hydrogen (secondary N) is 1. The van der Waals surface area contributed by atoms with Gasteiger partial charge in [0.2, 0.25) is 5.91 Å². The van der Waals surface area contributed by atoms with Gasteiger partial charge in [-0.15, -0.1) is 0 Å². The maximum Gasteiger partial charge on any atom is 0.228 e. The predicted octanol–water partition coefficient (Wildman–Crippen LogP) is 3.95. The Morgan fingerprint density at radius 1 is 1.20 bits per heavy atom. The van der Waals surface area contributed by atoms with Gasteiger partial charge in [0, 0.05) is 10.5 Å². The zero-order valence-corrected chi connectivity index (χ0v) is 13.0. The number of benzene rings is 2. The Bertz CT molecular complexity index is 608. The van der Waals surface area contributed by atoms with Crippen LogP contribution in [0.1, 0.15) is 11.1 Å². The summed E-state index contributed by atoms with van der Waals surface area (Å²) >= 11 is 3.41. The standard InChI is InChI=1S/C16H16BrNO2/c1-11-3-5-12(6-4-11)9-16(19)18-15-10-13(20-2)7-8-14(15)17/h3-8,10H,9H2,1-2H3,(H,18,19). The van der Waals surface area contributed by atoms with Crippen LogP contribution in [0, 0.1) is 6.92 Å². The number of hydrogen-bond donors (Lipinski definition) is 1. The molecule has 0 bridgehead atoms. The van der Waals surface area contributed by atoms with Crippen LogP contribution in [0.3, 0.4) is 0 Å². The summed E-state index contributed by atoms with van der Waals surface area (Å²) in [4.78, 5) is 12.0. The van der Waals surface area contributed by atoms with Crippen LogP contribution in [0.5, 0.6) is 5.75 Å². The summed E-state index contributed by atoms with van der Waals surface area (Å²) in [6.07, 6.45) is 0.351. The Balaban J connectivity index is 2.06. The van der Waals surface area contributed by atoms with E-state index < -0.39 is 0 Å². The van der Waals surface area contributed by atoms with Crippen molar-refractivity contribution in [3.63, 3.8) is 0 Å². The fraction of sp³-hybridized carbons (Fsp3) is 0.188. The number of halogens is 1. The molecule has 0 saturated carbocycles. The third-order valence-electron chi connectivity index (χ3n) is 2.93. The summed E-state index contributed by atoms with van der Waals surface area (Å²) in [6.45, 7) is 2.03. The molecule has 0 saturated heterocycles. The van der Waals surface area contributed by atoms with E-state index in [9.17, 15) is 4.79 Å². The van der Waals surface area contributed by atoms with E-state index in [1.807, 2.05) is 43.3 Å². The molecule has 0 radical (unpaired) electrons. The number of carbonyl (C=O) groups excluding carboxylic acids is 1. The van der Waals surface area contributed by atoms with Crippen molar-refractivity contribution < 1.29 is 9.53 Å². The van der Waals surface area contributed by atoms with Crippen LogP contribution in [0.2, 0.25) is 0 Å². The number of aryl methyl sites for hydroxylation is 1. The van der Waals surface area contributed by atoms with Gasteiger partial charge >= 0.3 is 0 Å². The Morgan fingerprint density at radius 3 is 2.55 bits per heavy atom. The van der Waals surface area contributed by atoms with E-state index >= 15 is 0 Å². The van der Waals surface area contributed by atoms with E-state index in [4.69, 9.17) is 4.74 Å². The summed E-state index contributed by atoms with van der Waals surface area (Å²) in [5.41, 5.74) is 2.89. The molecule has 104 valence electrons. The second kappa shape index (κ2) is 6.57. The number of carbonyl (C=O) groups is 1. The topological polar surface area (TPSA) is 38.3 Å². The Hall–Kier alpha value is -1.81. The first-order valence-corrected chi connectivity index (χ1v) is 7.06. The van der Waals surface area contributed by atoms with Gasteiger partial charge in [-0.25, -0.2) is 0 Å². The maximum atomic E-state index is 12.0. The lowest BCUT2D eigenvalue weighted by Gasteiger charge is -2.09. The van der Waals surface area contributed by atoms with E-state index in [-0.39, 0.29) is 5.91 Å². The lowest BCUT2D eigenvalue weighted by Crippen LogP contribution is -2.14. The maximum absolute atomic E-state index is 12.0. The third-order valence-corrected chi connectivity index (χ3v) is 3.62. The third kappa shape index (κ3) is 3.84. The fourth-order valence-electron chi connectivity index (χ4n) is 1.81. The molecule has 0 atom stereocenters. The molecule has 0 aliphatic carbocycles. The zero-order chi connectivity index (χ0) is 14.5. The minimum absolute atomic E-state index is 0.0530. The van der Waals surface area contributed by atoms with Crippen molar-refractivity contribution in [3.05, 3.63) is 58.1 Å². The predicted molar refractivity (Wildman–Crippen MR) is 84.2 cm³/mol. The molecule has 4 heteroatoms. The molecular formula is C16H16BrNO2. The molecule has 0 spiro atoms. The van der Waals surface area contributed by atoms with E-state index in [0.29, 0.717) is 17.9 Å². The van der Waals surface area contributed by atoms with Crippen LogP contribution >= 0.6 is 15.9 Å². The van der Waals surface area contributed by atoms with Crippen molar-refractivity contribution in [3.8, 4) is 5.75 Å². The van der Waals surface area contributed by atoms with Crippen LogP contribution in [0.15, 0.2) is 46.9 Å².